The van der Waals surface area contributed by atoms with E-state index in [4.69, 9.17) is 4.74 Å². The number of para-hydroxylation sites is 1. The van der Waals surface area contributed by atoms with E-state index in [1.54, 1.807) is 0 Å². The average molecular weight is 413 g/mol. The average Bonchev–Trinajstić information content (AvgIpc) is 2.82. The number of carbonyl (C=O) groups is 1. The maximum Gasteiger partial charge on any atom is 0.411 e. The van der Waals surface area contributed by atoms with E-state index in [1.807, 2.05) is 82.3 Å². The van der Waals surface area contributed by atoms with Crippen molar-refractivity contribution in [3.8, 4) is 11.1 Å². The van der Waals surface area contributed by atoms with Crippen LogP contribution >= 0.6 is 0 Å². The van der Waals surface area contributed by atoms with Crippen LogP contribution in [0.5, 0.6) is 0 Å². The van der Waals surface area contributed by atoms with Crippen LogP contribution < -0.4 is 5.32 Å². The smallest absolute Gasteiger partial charge is 0.411 e. The minimum Gasteiger partial charge on any atom is -0.446 e. The number of nitrogens with zero attached hydrogens (tertiary/aromatic N) is 1. The van der Waals surface area contributed by atoms with E-state index in [0.717, 1.165) is 49.3 Å². The third kappa shape index (κ3) is 8.58. The number of carbonyl (C=O) groups excluding carboxylic acids is 1. The number of nitrogens with one attached hydrogen (secondary N) is 1. The largest absolute Gasteiger partial charge is 0.446 e. The Balaban J connectivity index is 0.00000106. The Labute approximate surface area is 183 Å². The maximum absolute atomic E-state index is 12.4. The van der Waals surface area contributed by atoms with Crippen LogP contribution in [0, 0.1) is 0 Å². The molecule has 1 N–H and O–H groups in total. The molecule has 2 aromatic carbocycles. The van der Waals surface area contributed by atoms with Gasteiger partial charge in [-0.3, -0.25) is 5.32 Å². The molecule has 0 atom stereocenters. The molecule has 1 aliphatic heterocycles. The number of rotatable bonds is 6. The lowest BCUT2D eigenvalue weighted by Gasteiger charge is -2.31. The molecule has 0 saturated carbocycles. The third-order valence-electron chi connectivity index (χ3n) is 4.88. The number of unbranched alkanes of at least 4 members (excludes halogenated alkanes) is 1. The monoisotopic (exact) mass is 412 g/mol. The van der Waals surface area contributed by atoms with E-state index in [-0.39, 0.29) is 12.2 Å². The fourth-order valence-corrected chi connectivity index (χ4v) is 3.38. The Morgan fingerprint density at radius 2 is 1.57 bits per heavy atom. The van der Waals surface area contributed by atoms with Gasteiger partial charge >= 0.3 is 6.09 Å². The molecule has 1 heterocycles. The Hall–Kier alpha value is -2.33. The summed E-state index contributed by atoms with van der Waals surface area (Å²) in [6, 6.07) is 17.9. The van der Waals surface area contributed by atoms with Crippen LogP contribution in [0.4, 0.5) is 10.5 Å². The molecular weight excluding hydrogens is 372 g/mol. The molecule has 1 saturated heterocycles. The molecule has 0 bridgehead atoms. The molecule has 4 nitrogen and oxygen atoms in total. The van der Waals surface area contributed by atoms with Crippen molar-refractivity contribution in [2.45, 2.75) is 66.4 Å². The molecule has 30 heavy (non-hydrogen) atoms. The summed E-state index contributed by atoms with van der Waals surface area (Å²) in [7, 11) is 0. The highest BCUT2D eigenvalue weighted by atomic mass is 16.6. The van der Waals surface area contributed by atoms with Crippen molar-refractivity contribution >= 4 is 11.8 Å². The van der Waals surface area contributed by atoms with Crippen molar-refractivity contribution in [1.29, 1.82) is 0 Å². The van der Waals surface area contributed by atoms with Gasteiger partial charge in [-0.2, -0.15) is 0 Å². The zero-order valence-electron chi connectivity index (χ0n) is 19.5. The third-order valence-corrected chi connectivity index (χ3v) is 4.88. The van der Waals surface area contributed by atoms with Gasteiger partial charge in [-0.15, -0.1) is 0 Å². The van der Waals surface area contributed by atoms with Gasteiger partial charge in [-0.25, -0.2) is 4.79 Å². The molecule has 1 amide bonds. The fourth-order valence-electron chi connectivity index (χ4n) is 3.38. The minimum atomic E-state index is -0.361. The van der Waals surface area contributed by atoms with E-state index in [1.165, 1.54) is 12.8 Å². The predicted molar refractivity (Wildman–Crippen MR) is 129 cm³/mol. The van der Waals surface area contributed by atoms with Gasteiger partial charge in [0.25, 0.3) is 0 Å². The van der Waals surface area contributed by atoms with E-state index in [9.17, 15) is 4.79 Å². The molecule has 1 fully saturated rings. The second-order valence-corrected chi connectivity index (χ2v) is 6.84. The lowest BCUT2D eigenvalue weighted by atomic mass is 10.0. The molecule has 166 valence electrons. The lowest BCUT2D eigenvalue weighted by Crippen LogP contribution is -2.38. The zero-order valence-corrected chi connectivity index (χ0v) is 19.5. The van der Waals surface area contributed by atoms with Gasteiger partial charge in [-0.1, -0.05) is 89.6 Å². The molecular formula is C26H40N2O2. The first kappa shape index (κ1) is 25.7. The van der Waals surface area contributed by atoms with Crippen molar-refractivity contribution in [2.24, 2.45) is 0 Å². The first-order valence-corrected chi connectivity index (χ1v) is 11.6. The van der Waals surface area contributed by atoms with Crippen molar-refractivity contribution in [2.75, 3.05) is 25.0 Å². The van der Waals surface area contributed by atoms with Gasteiger partial charge in [-0.05, 0) is 37.4 Å². The van der Waals surface area contributed by atoms with Crippen LogP contribution in [0.15, 0.2) is 54.6 Å². The van der Waals surface area contributed by atoms with Gasteiger partial charge in [0.15, 0.2) is 0 Å². The Morgan fingerprint density at radius 1 is 0.967 bits per heavy atom. The van der Waals surface area contributed by atoms with E-state index < -0.39 is 0 Å². The maximum atomic E-state index is 12.4. The van der Waals surface area contributed by atoms with Crippen LogP contribution in [-0.4, -0.2) is 36.7 Å². The number of anilines is 1. The highest BCUT2D eigenvalue weighted by Gasteiger charge is 2.22. The summed E-state index contributed by atoms with van der Waals surface area (Å²) < 4.78 is 5.66. The van der Waals surface area contributed by atoms with E-state index >= 15 is 0 Å². The zero-order chi connectivity index (χ0) is 22.2. The Kier molecular flexibility index (Phi) is 13.3. The first-order chi connectivity index (χ1) is 14.8. The van der Waals surface area contributed by atoms with Crippen molar-refractivity contribution in [1.82, 2.24) is 4.90 Å². The quantitative estimate of drug-likeness (QED) is 0.544. The molecule has 0 spiro atoms. The molecule has 1 aliphatic rings. The molecule has 4 heteroatoms. The Morgan fingerprint density at radius 3 is 2.20 bits per heavy atom. The van der Waals surface area contributed by atoms with Crippen LogP contribution in [0.1, 0.15) is 60.3 Å². The second-order valence-electron chi connectivity index (χ2n) is 6.84. The standard InChI is InChI=1S/C22H28N2O2.2C2H6/c1-2-3-15-24-16-13-19(14-17-24)26-22(25)23-21-12-8-7-11-20(21)18-9-5-4-6-10-18;2*1-2/h4-12,19H,2-3,13-17H2,1H3,(H,23,25);2*1-2H3. The van der Waals surface area contributed by atoms with Crippen LogP contribution in [0.2, 0.25) is 0 Å². The topological polar surface area (TPSA) is 41.6 Å². The number of hydrogen-bond acceptors (Lipinski definition) is 3. The molecule has 0 aliphatic carbocycles. The number of amides is 1. The van der Waals surface area contributed by atoms with Gasteiger partial charge in [0.05, 0.1) is 5.69 Å². The van der Waals surface area contributed by atoms with Crippen LogP contribution in [0.25, 0.3) is 11.1 Å². The lowest BCUT2D eigenvalue weighted by molar-refractivity contribution is 0.0586. The SMILES string of the molecule is CC.CC.CCCCN1CCC(OC(=O)Nc2ccccc2-c2ccccc2)CC1. The molecule has 0 radical (unpaired) electrons. The number of piperidine rings is 1. The van der Waals surface area contributed by atoms with Crippen molar-refractivity contribution in [3.05, 3.63) is 54.6 Å². The fraction of sp³-hybridized carbons (Fsp3) is 0.500. The molecule has 2 aromatic rings. The summed E-state index contributed by atoms with van der Waals surface area (Å²) in [6.07, 6.45) is 3.94. The highest BCUT2D eigenvalue weighted by molar-refractivity contribution is 5.91. The predicted octanol–water partition coefficient (Wildman–Crippen LogP) is 7.22. The molecule has 0 unspecified atom stereocenters. The van der Waals surface area contributed by atoms with E-state index in [0.29, 0.717) is 0 Å². The van der Waals surface area contributed by atoms with Gasteiger partial charge < -0.3 is 9.64 Å². The van der Waals surface area contributed by atoms with Gasteiger partial charge in [0, 0.05) is 18.7 Å². The number of hydrogen-bond donors (Lipinski definition) is 1. The number of ether oxygens (including phenoxy) is 1. The summed E-state index contributed by atoms with van der Waals surface area (Å²) in [5.41, 5.74) is 2.86. The van der Waals surface area contributed by atoms with Crippen molar-refractivity contribution in [3.63, 3.8) is 0 Å². The molecule has 0 aromatic heterocycles. The summed E-state index contributed by atoms with van der Waals surface area (Å²) in [5, 5.41) is 2.93. The number of likely N-dealkylation sites (tertiary alicyclic amines) is 1. The summed E-state index contributed by atoms with van der Waals surface area (Å²) in [5.74, 6) is 0. The van der Waals surface area contributed by atoms with Crippen LogP contribution in [0.3, 0.4) is 0 Å². The first-order valence-electron chi connectivity index (χ1n) is 11.6. The number of benzene rings is 2. The van der Waals surface area contributed by atoms with Crippen molar-refractivity contribution < 1.29 is 9.53 Å². The van der Waals surface area contributed by atoms with Gasteiger partial charge in [0.1, 0.15) is 6.10 Å². The van der Waals surface area contributed by atoms with E-state index in [2.05, 4.69) is 17.1 Å². The minimum absolute atomic E-state index is 0.0109. The summed E-state index contributed by atoms with van der Waals surface area (Å²) in [4.78, 5) is 14.8. The molecule has 3 rings (SSSR count). The second kappa shape index (κ2) is 15.5. The Bertz CT molecular complexity index is 695. The highest BCUT2D eigenvalue weighted by Crippen LogP contribution is 2.28. The van der Waals surface area contributed by atoms with Gasteiger partial charge in [0.2, 0.25) is 0 Å². The summed E-state index contributed by atoms with van der Waals surface area (Å²) >= 11 is 0. The normalized spacial score (nSPS) is 13.9. The summed E-state index contributed by atoms with van der Waals surface area (Å²) in [6.45, 7) is 13.4. The van der Waals surface area contributed by atoms with Crippen LogP contribution in [-0.2, 0) is 4.74 Å².